The molecular formula is C14H16F2N2O4S. The van der Waals surface area contributed by atoms with Crippen molar-refractivity contribution in [2.45, 2.75) is 20.0 Å². The highest BCUT2D eigenvalue weighted by Gasteiger charge is 2.32. The highest BCUT2D eigenvalue weighted by molar-refractivity contribution is 7.91. The summed E-state index contributed by atoms with van der Waals surface area (Å²) >= 11 is 0. The van der Waals surface area contributed by atoms with Crippen molar-refractivity contribution in [2.24, 2.45) is 11.0 Å². The van der Waals surface area contributed by atoms with E-state index in [1.54, 1.807) is 6.92 Å². The van der Waals surface area contributed by atoms with Gasteiger partial charge in [-0.05, 0) is 43.2 Å². The second-order valence-electron chi connectivity index (χ2n) is 5.18. The van der Waals surface area contributed by atoms with Crippen LogP contribution in [0.25, 0.3) is 0 Å². The third kappa shape index (κ3) is 4.98. The third-order valence-electron chi connectivity index (χ3n) is 3.43. The van der Waals surface area contributed by atoms with Gasteiger partial charge in [0.15, 0.2) is 9.84 Å². The first-order valence-corrected chi connectivity index (χ1v) is 8.69. The molecule has 1 N–H and O–H groups in total. The topological polar surface area (TPSA) is 84.8 Å². The van der Waals surface area contributed by atoms with Crippen LogP contribution in [-0.4, -0.2) is 38.2 Å². The molecule has 0 unspecified atom stereocenters. The lowest BCUT2D eigenvalue weighted by molar-refractivity contribution is -0.124. The molecule has 1 aliphatic heterocycles. The maximum atomic E-state index is 12.1. The number of hydrogen-bond acceptors (Lipinski definition) is 5. The Morgan fingerprint density at radius 3 is 2.52 bits per heavy atom. The summed E-state index contributed by atoms with van der Waals surface area (Å²) in [5, 5.41) is 3.91. The first-order valence-electron chi connectivity index (χ1n) is 6.86. The fraction of sp³-hybridized carbons (Fsp3) is 0.429. The summed E-state index contributed by atoms with van der Waals surface area (Å²) < 4.78 is 51.0. The maximum absolute atomic E-state index is 12.1. The molecule has 1 aromatic rings. The van der Waals surface area contributed by atoms with Crippen LogP contribution in [0, 0.1) is 5.92 Å². The molecule has 1 saturated heterocycles. The van der Waals surface area contributed by atoms with Crippen molar-refractivity contribution < 1.29 is 26.7 Å². The number of ether oxygens (including phenoxy) is 1. The molecule has 23 heavy (non-hydrogen) atoms. The number of nitrogens with zero attached hydrogens (tertiary/aromatic N) is 1. The van der Waals surface area contributed by atoms with E-state index in [2.05, 4.69) is 15.3 Å². The van der Waals surface area contributed by atoms with Gasteiger partial charge in [0.1, 0.15) is 5.75 Å². The maximum Gasteiger partial charge on any atom is 0.387 e. The number of nitrogens with one attached hydrogen (secondary N) is 1. The van der Waals surface area contributed by atoms with Crippen LogP contribution in [0.5, 0.6) is 5.75 Å². The van der Waals surface area contributed by atoms with Crippen LogP contribution in [0.2, 0.25) is 0 Å². The van der Waals surface area contributed by atoms with Gasteiger partial charge >= 0.3 is 6.61 Å². The third-order valence-corrected chi connectivity index (χ3v) is 5.20. The molecule has 0 radical (unpaired) electrons. The SMILES string of the molecule is C/C(=N/NC(=O)[C@H]1CCS(=O)(=O)C1)c1ccc(OC(F)F)cc1. The van der Waals surface area contributed by atoms with Crippen LogP contribution in [0.3, 0.4) is 0 Å². The van der Waals surface area contributed by atoms with Gasteiger partial charge in [-0.1, -0.05) is 0 Å². The van der Waals surface area contributed by atoms with E-state index < -0.39 is 28.3 Å². The molecule has 9 heteroatoms. The van der Waals surface area contributed by atoms with Gasteiger partial charge < -0.3 is 4.74 Å². The smallest absolute Gasteiger partial charge is 0.387 e. The summed E-state index contributed by atoms with van der Waals surface area (Å²) in [4.78, 5) is 11.9. The number of rotatable bonds is 5. The van der Waals surface area contributed by atoms with Gasteiger partial charge in [-0.15, -0.1) is 0 Å². The lowest BCUT2D eigenvalue weighted by atomic mass is 10.1. The largest absolute Gasteiger partial charge is 0.435 e. The van der Waals surface area contributed by atoms with E-state index in [4.69, 9.17) is 0 Å². The number of carbonyl (C=O) groups is 1. The Bertz CT molecular complexity index is 702. The zero-order valence-corrected chi connectivity index (χ0v) is 13.1. The predicted octanol–water partition coefficient (Wildman–Crippen LogP) is 1.56. The van der Waals surface area contributed by atoms with Crippen LogP contribution in [0.15, 0.2) is 29.4 Å². The molecular weight excluding hydrogens is 330 g/mol. The Labute approximate surface area is 132 Å². The molecule has 1 amide bonds. The van der Waals surface area contributed by atoms with Crippen molar-refractivity contribution in [1.29, 1.82) is 0 Å². The molecule has 1 fully saturated rings. The highest BCUT2D eigenvalue weighted by Crippen LogP contribution is 2.18. The molecule has 126 valence electrons. The molecule has 1 heterocycles. The van der Waals surface area contributed by atoms with Gasteiger partial charge in [0, 0.05) is 0 Å². The molecule has 1 atom stereocenters. The quantitative estimate of drug-likeness (QED) is 0.648. The first kappa shape index (κ1) is 17.3. The minimum Gasteiger partial charge on any atom is -0.435 e. The van der Waals surface area contributed by atoms with E-state index in [1.807, 2.05) is 0 Å². The van der Waals surface area contributed by atoms with E-state index in [9.17, 15) is 22.0 Å². The molecule has 0 saturated carbocycles. The van der Waals surface area contributed by atoms with Crippen LogP contribution < -0.4 is 10.2 Å². The molecule has 0 aliphatic carbocycles. The van der Waals surface area contributed by atoms with Crippen molar-refractivity contribution in [2.75, 3.05) is 11.5 Å². The Hall–Kier alpha value is -2.03. The van der Waals surface area contributed by atoms with Crippen molar-refractivity contribution in [3.8, 4) is 5.75 Å². The average molecular weight is 346 g/mol. The summed E-state index contributed by atoms with van der Waals surface area (Å²) in [5.74, 6) is -1.15. The number of carbonyl (C=O) groups excluding carboxylic acids is 1. The summed E-state index contributed by atoms with van der Waals surface area (Å²) in [7, 11) is -3.13. The van der Waals surface area contributed by atoms with Gasteiger partial charge in [0.05, 0.1) is 23.1 Å². The number of halogens is 2. The van der Waals surface area contributed by atoms with E-state index in [0.717, 1.165) is 0 Å². The lowest BCUT2D eigenvalue weighted by Crippen LogP contribution is -2.28. The number of hydrazone groups is 1. The van der Waals surface area contributed by atoms with Crippen molar-refractivity contribution in [3.63, 3.8) is 0 Å². The van der Waals surface area contributed by atoms with Gasteiger partial charge in [0.25, 0.3) is 0 Å². The fourth-order valence-corrected chi connectivity index (χ4v) is 3.92. The molecule has 0 spiro atoms. The zero-order chi connectivity index (χ0) is 17.0. The molecule has 2 rings (SSSR count). The first-order chi connectivity index (χ1) is 10.8. The second kappa shape index (κ2) is 7.03. The van der Waals surface area contributed by atoms with Crippen LogP contribution in [0.4, 0.5) is 8.78 Å². The van der Waals surface area contributed by atoms with Crippen LogP contribution in [-0.2, 0) is 14.6 Å². The molecule has 0 bridgehead atoms. The molecule has 1 aliphatic rings. The minimum atomic E-state index is -3.13. The van der Waals surface area contributed by atoms with E-state index >= 15 is 0 Å². The van der Waals surface area contributed by atoms with E-state index in [0.29, 0.717) is 17.7 Å². The fourth-order valence-electron chi connectivity index (χ4n) is 2.17. The Kier molecular flexibility index (Phi) is 5.30. The number of alkyl halides is 2. The van der Waals surface area contributed by atoms with E-state index in [1.165, 1.54) is 24.3 Å². The van der Waals surface area contributed by atoms with Gasteiger partial charge in [-0.3, -0.25) is 4.79 Å². The van der Waals surface area contributed by atoms with Crippen LogP contribution in [0.1, 0.15) is 18.9 Å². The highest BCUT2D eigenvalue weighted by atomic mass is 32.2. The lowest BCUT2D eigenvalue weighted by Gasteiger charge is -2.08. The zero-order valence-electron chi connectivity index (χ0n) is 12.3. The summed E-state index contributed by atoms with van der Waals surface area (Å²) in [5.41, 5.74) is 3.42. The standard InChI is InChI=1S/C14H16F2N2O4S/c1-9(10-2-4-12(5-3-10)22-14(15)16)17-18-13(19)11-6-7-23(20,21)8-11/h2-5,11,14H,6-8H2,1H3,(H,18,19)/b17-9-/t11-/m0/s1. The number of amides is 1. The predicted molar refractivity (Wildman–Crippen MR) is 80.2 cm³/mol. The Balaban J connectivity index is 1.96. The minimum absolute atomic E-state index is 0.0133. The van der Waals surface area contributed by atoms with Gasteiger partial charge in [-0.25, -0.2) is 13.8 Å². The van der Waals surface area contributed by atoms with E-state index in [-0.39, 0.29) is 17.3 Å². The van der Waals surface area contributed by atoms with Crippen molar-refractivity contribution >= 4 is 21.5 Å². The number of sulfone groups is 1. The second-order valence-corrected chi connectivity index (χ2v) is 7.40. The number of hydrogen-bond donors (Lipinski definition) is 1. The average Bonchev–Trinajstić information content (AvgIpc) is 2.85. The summed E-state index contributed by atoms with van der Waals surface area (Å²) in [6, 6.07) is 5.79. The van der Waals surface area contributed by atoms with Crippen LogP contribution >= 0.6 is 0 Å². The molecule has 6 nitrogen and oxygen atoms in total. The van der Waals surface area contributed by atoms with Gasteiger partial charge in [0.2, 0.25) is 5.91 Å². The molecule has 0 aromatic heterocycles. The Morgan fingerprint density at radius 1 is 1.35 bits per heavy atom. The summed E-state index contributed by atoms with van der Waals surface area (Å²) in [6.45, 7) is -1.26. The van der Waals surface area contributed by atoms with Crippen molar-refractivity contribution in [3.05, 3.63) is 29.8 Å². The van der Waals surface area contributed by atoms with Crippen molar-refractivity contribution in [1.82, 2.24) is 5.43 Å². The monoisotopic (exact) mass is 346 g/mol. The number of benzene rings is 1. The summed E-state index contributed by atoms with van der Waals surface area (Å²) in [6.07, 6.45) is 0.294. The normalized spacial score (nSPS) is 20.5. The molecule has 1 aromatic carbocycles. The van der Waals surface area contributed by atoms with Gasteiger partial charge in [-0.2, -0.15) is 13.9 Å². The Morgan fingerprint density at radius 2 is 2.00 bits per heavy atom.